The first-order chi connectivity index (χ1) is 8.20. The van der Waals surface area contributed by atoms with Crippen molar-refractivity contribution in [1.82, 2.24) is 5.32 Å². The molecule has 92 valence electrons. The van der Waals surface area contributed by atoms with E-state index >= 15 is 0 Å². The quantitative estimate of drug-likeness (QED) is 0.869. The molecule has 1 amide bonds. The number of ether oxygens (including phenoxy) is 1. The fraction of sp³-hybridized carbons (Fsp3) is 0.500. The van der Waals surface area contributed by atoms with E-state index in [4.69, 9.17) is 4.74 Å². The number of piperidine rings is 1. The third kappa shape index (κ3) is 2.28. The molecule has 1 aliphatic heterocycles. The fourth-order valence-corrected chi connectivity index (χ4v) is 2.49. The lowest BCUT2D eigenvalue weighted by Crippen LogP contribution is -2.45. The summed E-state index contributed by atoms with van der Waals surface area (Å²) in [4.78, 5) is 11.3. The van der Waals surface area contributed by atoms with Crippen molar-refractivity contribution in [2.24, 2.45) is 0 Å². The predicted octanol–water partition coefficient (Wildman–Crippen LogP) is 2.25. The number of carbonyl (C=O) groups excluding carboxylic acids is 1. The number of nitrogens with one attached hydrogen (secondary N) is 1. The third-order valence-electron chi connectivity index (χ3n) is 3.83. The van der Waals surface area contributed by atoms with Crippen molar-refractivity contribution in [2.75, 3.05) is 13.7 Å². The van der Waals surface area contributed by atoms with Gasteiger partial charge >= 0.3 is 0 Å². The molecule has 0 saturated carbocycles. The Morgan fingerprint density at radius 3 is 2.53 bits per heavy atom. The summed E-state index contributed by atoms with van der Waals surface area (Å²) >= 11 is 0. The van der Waals surface area contributed by atoms with Crippen LogP contribution in [-0.4, -0.2) is 19.6 Å². The normalized spacial score (nSPS) is 24.2. The van der Waals surface area contributed by atoms with Crippen LogP contribution in [0.25, 0.3) is 0 Å². The zero-order valence-corrected chi connectivity index (χ0v) is 10.5. The smallest absolute Gasteiger partial charge is 0.220 e. The lowest BCUT2D eigenvalue weighted by atomic mass is 9.72. The molecule has 1 N–H and O–H groups in total. The molecule has 0 spiro atoms. The molecule has 0 radical (unpaired) electrons. The molecule has 0 bridgehead atoms. The molecule has 3 heteroatoms. The van der Waals surface area contributed by atoms with E-state index in [0.717, 1.165) is 25.1 Å². The molecule has 1 aromatic carbocycles. The predicted molar refractivity (Wildman–Crippen MR) is 67.2 cm³/mol. The highest BCUT2D eigenvalue weighted by Crippen LogP contribution is 2.35. The summed E-state index contributed by atoms with van der Waals surface area (Å²) in [5.41, 5.74) is 1.39. The average molecular weight is 233 g/mol. The Morgan fingerprint density at radius 2 is 2.06 bits per heavy atom. The van der Waals surface area contributed by atoms with E-state index < -0.39 is 0 Å². The van der Waals surface area contributed by atoms with Crippen molar-refractivity contribution < 1.29 is 9.53 Å². The molecule has 1 aliphatic rings. The molecule has 0 aliphatic carbocycles. The van der Waals surface area contributed by atoms with E-state index in [-0.39, 0.29) is 11.3 Å². The highest BCUT2D eigenvalue weighted by Gasteiger charge is 2.34. The zero-order valence-electron chi connectivity index (χ0n) is 10.5. The molecule has 17 heavy (non-hydrogen) atoms. The van der Waals surface area contributed by atoms with Crippen molar-refractivity contribution in [2.45, 2.75) is 31.6 Å². The van der Waals surface area contributed by atoms with Crippen LogP contribution >= 0.6 is 0 Å². The molecular weight excluding hydrogens is 214 g/mol. The second kappa shape index (κ2) is 4.78. The first-order valence-corrected chi connectivity index (χ1v) is 6.11. The van der Waals surface area contributed by atoms with Gasteiger partial charge in [0.25, 0.3) is 0 Å². The molecule has 1 aromatic rings. The minimum atomic E-state index is 0.0974. The number of carbonyl (C=O) groups is 1. The first kappa shape index (κ1) is 12.0. The number of rotatable bonds is 3. The van der Waals surface area contributed by atoms with Crippen molar-refractivity contribution in [3.63, 3.8) is 0 Å². The van der Waals surface area contributed by atoms with Crippen LogP contribution in [0.5, 0.6) is 5.75 Å². The van der Waals surface area contributed by atoms with Crippen LogP contribution in [0.3, 0.4) is 0 Å². The van der Waals surface area contributed by atoms with Crippen LogP contribution < -0.4 is 10.1 Å². The summed E-state index contributed by atoms with van der Waals surface area (Å²) in [5, 5.41) is 2.98. The van der Waals surface area contributed by atoms with Gasteiger partial charge in [0.2, 0.25) is 5.91 Å². The number of benzene rings is 1. The van der Waals surface area contributed by atoms with E-state index in [1.807, 2.05) is 12.1 Å². The number of hydrogen-bond acceptors (Lipinski definition) is 2. The lowest BCUT2D eigenvalue weighted by molar-refractivity contribution is -0.123. The summed E-state index contributed by atoms with van der Waals surface area (Å²) in [6.45, 7) is 2.93. The second-order valence-corrected chi connectivity index (χ2v) is 4.64. The van der Waals surface area contributed by atoms with Crippen LogP contribution in [0.2, 0.25) is 0 Å². The Bertz CT molecular complexity index is 387. The average Bonchev–Trinajstić information content (AvgIpc) is 2.40. The van der Waals surface area contributed by atoms with Crippen molar-refractivity contribution in [1.29, 1.82) is 0 Å². The largest absolute Gasteiger partial charge is 0.497 e. The molecule has 1 saturated heterocycles. The van der Waals surface area contributed by atoms with Gasteiger partial charge in [-0.25, -0.2) is 0 Å². The molecule has 3 nitrogen and oxygen atoms in total. The highest BCUT2D eigenvalue weighted by atomic mass is 16.5. The summed E-state index contributed by atoms with van der Waals surface area (Å²) < 4.78 is 5.17. The van der Waals surface area contributed by atoms with Gasteiger partial charge in [-0.05, 0) is 30.5 Å². The number of hydrogen-bond donors (Lipinski definition) is 1. The summed E-state index contributed by atoms with van der Waals surface area (Å²) in [6.07, 6.45) is 2.60. The Hall–Kier alpha value is -1.51. The van der Waals surface area contributed by atoms with Crippen LogP contribution in [0, 0.1) is 0 Å². The summed E-state index contributed by atoms with van der Waals surface area (Å²) in [6, 6.07) is 8.20. The maximum absolute atomic E-state index is 11.3. The maximum Gasteiger partial charge on any atom is 0.220 e. The minimum absolute atomic E-state index is 0.0974. The van der Waals surface area contributed by atoms with Gasteiger partial charge in [0.1, 0.15) is 5.75 Å². The van der Waals surface area contributed by atoms with Gasteiger partial charge in [-0.2, -0.15) is 0 Å². The van der Waals surface area contributed by atoms with Crippen LogP contribution in [0.4, 0.5) is 0 Å². The van der Waals surface area contributed by atoms with E-state index in [2.05, 4.69) is 24.4 Å². The first-order valence-electron chi connectivity index (χ1n) is 6.11. The molecule has 1 atom stereocenters. The van der Waals surface area contributed by atoms with E-state index in [1.54, 1.807) is 7.11 Å². The van der Waals surface area contributed by atoms with Crippen molar-refractivity contribution in [3.8, 4) is 5.75 Å². The minimum Gasteiger partial charge on any atom is -0.497 e. The van der Waals surface area contributed by atoms with Gasteiger partial charge in [-0.1, -0.05) is 19.1 Å². The van der Waals surface area contributed by atoms with Crippen molar-refractivity contribution >= 4 is 5.91 Å². The second-order valence-electron chi connectivity index (χ2n) is 4.64. The Morgan fingerprint density at radius 1 is 1.35 bits per heavy atom. The van der Waals surface area contributed by atoms with E-state index in [9.17, 15) is 4.79 Å². The molecule has 0 aromatic heterocycles. The summed E-state index contributed by atoms with van der Waals surface area (Å²) in [5.74, 6) is 1.04. The summed E-state index contributed by atoms with van der Waals surface area (Å²) in [7, 11) is 1.67. The molecular formula is C14H19NO2. The van der Waals surface area contributed by atoms with Gasteiger partial charge in [0.15, 0.2) is 0 Å². The molecule has 2 rings (SSSR count). The topological polar surface area (TPSA) is 38.3 Å². The Kier molecular flexibility index (Phi) is 3.36. The van der Waals surface area contributed by atoms with Crippen LogP contribution in [0.1, 0.15) is 31.7 Å². The van der Waals surface area contributed by atoms with Gasteiger partial charge in [-0.3, -0.25) is 4.79 Å². The van der Waals surface area contributed by atoms with E-state index in [1.165, 1.54) is 5.56 Å². The number of methoxy groups -OCH3 is 1. The lowest BCUT2D eigenvalue weighted by Gasteiger charge is -2.37. The zero-order chi connectivity index (χ0) is 12.3. The number of amides is 1. The third-order valence-corrected chi connectivity index (χ3v) is 3.83. The SMILES string of the molecule is CCC1(c2ccc(OC)cc2)CCC(=O)NC1. The molecule has 1 unspecified atom stereocenters. The Labute approximate surface area is 102 Å². The van der Waals surface area contributed by atoms with Crippen LogP contribution in [-0.2, 0) is 10.2 Å². The Balaban J connectivity index is 2.24. The fourth-order valence-electron chi connectivity index (χ4n) is 2.49. The van der Waals surface area contributed by atoms with Gasteiger partial charge < -0.3 is 10.1 Å². The molecule has 1 fully saturated rings. The van der Waals surface area contributed by atoms with Gasteiger partial charge in [0.05, 0.1) is 7.11 Å². The van der Waals surface area contributed by atoms with Crippen molar-refractivity contribution in [3.05, 3.63) is 29.8 Å². The standard InChI is InChI=1S/C14H19NO2/c1-3-14(9-8-13(16)15-10-14)11-4-6-12(17-2)7-5-11/h4-7H,3,8-10H2,1-2H3,(H,15,16). The van der Waals surface area contributed by atoms with Gasteiger partial charge in [0, 0.05) is 18.4 Å². The maximum atomic E-state index is 11.3. The molecule has 1 heterocycles. The monoisotopic (exact) mass is 233 g/mol. The van der Waals surface area contributed by atoms with Gasteiger partial charge in [-0.15, -0.1) is 0 Å². The highest BCUT2D eigenvalue weighted by molar-refractivity contribution is 5.77. The van der Waals surface area contributed by atoms with E-state index in [0.29, 0.717) is 6.42 Å². The van der Waals surface area contributed by atoms with Crippen LogP contribution in [0.15, 0.2) is 24.3 Å².